The van der Waals surface area contributed by atoms with E-state index in [2.05, 4.69) is 20.1 Å². The van der Waals surface area contributed by atoms with E-state index in [4.69, 9.17) is 4.42 Å². The monoisotopic (exact) mass is 419 g/mol. The molecule has 0 unspecified atom stereocenters. The molecule has 8 heteroatoms. The molecule has 31 heavy (non-hydrogen) atoms. The van der Waals surface area contributed by atoms with Gasteiger partial charge in [-0.25, -0.2) is 0 Å². The molecule has 1 fully saturated rings. The zero-order valence-electron chi connectivity index (χ0n) is 17.3. The van der Waals surface area contributed by atoms with Gasteiger partial charge in [0, 0.05) is 37.2 Å². The average Bonchev–Trinajstić information content (AvgIpc) is 3.47. The Bertz CT molecular complexity index is 1070. The van der Waals surface area contributed by atoms with Gasteiger partial charge in [0.05, 0.1) is 18.7 Å². The molecule has 2 amide bonds. The van der Waals surface area contributed by atoms with Crippen LogP contribution in [0.15, 0.2) is 47.1 Å². The second-order valence-corrected chi connectivity index (χ2v) is 8.22. The number of hydrogen-bond donors (Lipinski definition) is 1. The van der Waals surface area contributed by atoms with E-state index in [1.807, 2.05) is 30.3 Å². The summed E-state index contributed by atoms with van der Waals surface area (Å²) in [6, 6.07) is 11.3. The third-order valence-electron chi connectivity index (χ3n) is 6.03. The number of anilines is 1. The van der Waals surface area contributed by atoms with E-state index in [-0.39, 0.29) is 24.2 Å². The van der Waals surface area contributed by atoms with Crippen molar-refractivity contribution in [3.8, 4) is 11.4 Å². The average molecular weight is 419 g/mol. The quantitative estimate of drug-likeness (QED) is 0.685. The van der Waals surface area contributed by atoms with Crippen LogP contribution in [0.1, 0.15) is 37.3 Å². The fraction of sp³-hybridized carbons (Fsp3) is 0.391. The second-order valence-electron chi connectivity index (χ2n) is 8.22. The summed E-state index contributed by atoms with van der Waals surface area (Å²) in [6.07, 6.45) is 6.29. The van der Waals surface area contributed by atoms with Crippen LogP contribution in [0.3, 0.4) is 0 Å². The van der Waals surface area contributed by atoms with E-state index < -0.39 is 0 Å². The number of carbonyl (C=O) groups excluding carboxylic acids is 2. The first kappa shape index (κ1) is 19.5. The van der Waals surface area contributed by atoms with Crippen molar-refractivity contribution < 1.29 is 14.0 Å². The van der Waals surface area contributed by atoms with E-state index >= 15 is 0 Å². The molecule has 0 spiro atoms. The van der Waals surface area contributed by atoms with Gasteiger partial charge in [-0.1, -0.05) is 6.42 Å². The van der Waals surface area contributed by atoms with Gasteiger partial charge < -0.3 is 19.2 Å². The maximum Gasteiger partial charge on any atom is 0.229 e. The van der Waals surface area contributed by atoms with Crippen molar-refractivity contribution in [3.63, 3.8) is 0 Å². The fourth-order valence-electron chi connectivity index (χ4n) is 4.34. The van der Waals surface area contributed by atoms with E-state index in [1.165, 1.54) is 6.42 Å². The first-order valence-corrected chi connectivity index (χ1v) is 10.8. The topological polar surface area (TPSA) is 93.3 Å². The number of aromatic nitrogens is 3. The number of hydrogen-bond acceptors (Lipinski definition) is 5. The van der Waals surface area contributed by atoms with Crippen molar-refractivity contribution in [2.75, 3.05) is 11.9 Å². The first-order valence-electron chi connectivity index (χ1n) is 10.8. The predicted octanol–water partition coefficient (Wildman–Crippen LogP) is 3.25. The number of rotatable bonds is 5. The number of nitrogens with zero attached hydrogens (tertiary/aromatic N) is 4. The predicted molar refractivity (Wildman–Crippen MR) is 114 cm³/mol. The minimum absolute atomic E-state index is 0.0283. The summed E-state index contributed by atoms with van der Waals surface area (Å²) in [5.41, 5.74) is 1.70. The van der Waals surface area contributed by atoms with Crippen molar-refractivity contribution in [1.82, 2.24) is 19.7 Å². The van der Waals surface area contributed by atoms with Gasteiger partial charge in [-0.3, -0.25) is 9.59 Å². The van der Waals surface area contributed by atoms with E-state index in [9.17, 15) is 9.59 Å². The van der Waals surface area contributed by atoms with Crippen molar-refractivity contribution >= 4 is 17.5 Å². The minimum Gasteiger partial charge on any atom is -0.467 e. The summed E-state index contributed by atoms with van der Waals surface area (Å²) in [4.78, 5) is 26.7. The third-order valence-corrected chi connectivity index (χ3v) is 6.03. The number of furan rings is 1. The van der Waals surface area contributed by atoms with Gasteiger partial charge in [0.15, 0.2) is 5.82 Å². The molecule has 3 aromatic rings. The molecule has 5 rings (SSSR count). The summed E-state index contributed by atoms with van der Waals surface area (Å²) in [6.45, 7) is 1.74. The normalized spacial score (nSPS) is 18.6. The number of carbonyl (C=O) groups is 2. The Morgan fingerprint density at radius 1 is 1.13 bits per heavy atom. The van der Waals surface area contributed by atoms with E-state index in [1.54, 1.807) is 17.2 Å². The molecule has 0 aliphatic carbocycles. The zero-order chi connectivity index (χ0) is 21.2. The highest BCUT2D eigenvalue weighted by atomic mass is 16.3. The summed E-state index contributed by atoms with van der Waals surface area (Å²) in [5.74, 6) is 2.11. The molecule has 0 radical (unpaired) electrons. The molecule has 1 atom stereocenters. The Hall–Kier alpha value is -3.42. The lowest BCUT2D eigenvalue weighted by Gasteiger charge is -2.15. The molecule has 160 valence electrons. The SMILES string of the molecule is O=C(Nc1ccc(-c2nnc3n2CCCCC3)cc1)[C@@H]1CC(=O)N(Cc2ccco2)C1. The van der Waals surface area contributed by atoms with Crippen LogP contribution in [0.5, 0.6) is 0 Å². The van der Waals surface area contributed by atoms with Crippen LogP contribution in [0, 0.1) is 5.92 Å². The Balaban J connectivity index is 1.23. The van der Waals surface area contributed by atoms with Crippen molar-refractivity contribution in [2.24, 2.45) is 5.92 Å². The standard InChI is InChI=1S/C23H25N5O3/c29-21-13-17(14-27(21)15-19-5-4-12-31-19)23(30)24-18-9-7-16(8-10-18)22-26-25-20-6-2-1-3-11-28(20)22/h4-5,7-10,12,17H,1-3,6,11,13-15H2,(H,24,30)/t17-/m1/s1. The first-order chi connectivity index (χ1) is 15.2. The zero-order valence-corrected chi connectivity index (χ0v) is 17.3. The lowest BCUT2D eigenvalue weighted by Crippen LogP contribution is -2.27. The molecule has 0 saturated carbocycles. The van der Waals surface area contributed by atoms with Crippen LogP contribution in [0.2, 0.25) is 0 Å². The number of aryl methyl sites for hydroxylation is 1. The van der Waals surface area contributed by atoms with Gasteiger partial charge in [-0.05, 0) is 49.2 Å². The molecular weight excluding hydrogens is 394 g/mol. The maximum atomic E-state index is 12.7. The van der Waals surface area contributed by atoms with Crippen molar-refractivity contribution in [1.29, 1.82) is 0 Å². The lowest BCUT2D eigenvalue weighted by molar-refractivity contribution is -0.128. The Kier molecular flexibility index (Phi) is 5.28. The Labute approximate surface area is 180 Å². The van der Waals surface area contributed by atoms with Crippen LogP contribution >= 0.6 is 0 Å². The second kappa shape index (κ2) is 8.37. The van der Waals surface area contributed by atoms with Crippen LogP contribution in [-0.4, -0.2) is 38.0 Å². The van der Waals surface area contributed by atoms with Crippen LogP contribution in [0.25, 0.3) is 11.4 Å². The summed E-state index contributed by atoms with van der Waals surface area (Å²) in [5, 5.41) is 11.7. The maximum absolute atomic E-state index is 12.7. The number of nitrogens with one attached hydrogen (secondary N) is 1. The molecular formula is C23H25N5O3. The molecule has 2 aromatic heterocycles. The van der Waals surface area contributed by atoms with Crippen LogP contribution in [0.4, 0.5) is 5.69 Å². The molecule has 1 N–H and O–H groups in total. The van der Waals surface area contributed by atoms with Crippen LogP contribution in [-0.2, 0) is 29.1 Å². The highest BCUT2D eigenvalue weighted by Crippen LogP contribution is 2.25. The molecule has 0 bridgehead atoms. The minimum atomic E-state index is -0.366. The third kappa shape index (κ3) is 4.10. The molecule has 2 aliphatic heterocycles. The van der Waals surface area contributed by atoms with Gasteiger partial charge in [0.2, 0.25) is 11.8 Å². The molecule has 2 aliphatic rings. The smallest absolute Gasteiger partial charge is 0.229 e. The summed E-state index contributed by atoms with van der Waals surface area (Å²) in [7, 11) is 0. The van der Waals surface area contributed by atoms with Gasteiger partial charge in [0.25, 0.3) is 0 Å². The van der Waals surface area contributed by atoms with E-state index in [0.29, 0.717) is 18.8 Å². The molecule has 8 nitrogen and oxygen atoms in total. The number of fused-ring (bicyclic) bond motifs is 1. The molecule has 4 heterocycles. The molecule has 1 saturated heterocycles. The summed E-state index contributed by atoms with van der Waals surface area (Å²) < 4.78 is 7.52. The number of amides is 2. The highest BCUT2D eigenvalue weighted by molar-refractivity contribution is 5.97. The van der Waals surface area contributed by atoms with Crippen molar-refractivity contribution in [2.45, 2.75) is 45.2 Å². The van der Waals surface area contributed by atoms with Gasteiger partial charge in [-0.15, -0.1) is 10.2 Å². The molecule has 1 aromatic carbocycles. The number of benzene rings is 1. The van der Waals surface area contributed by atoms with Gasteiger partial charge in [-0.2, -0.15) is 0 Å². The Morgan fingerprint density at radius 2 is 2.00 bits per heavy atom. The fourth-order valence-corrected chi connectivity index (χ4v) is 4.34. The largest absolute Gasteiger partial charge is 0.467 e. The van der Waals surface area contributed by atoms with Crippen LogP contribution < -0.4 is 5.32 Å². The van der Waals surface area contributed by atoms with Crippen molar-refractivity contribution in [3.05, 3.63) is 54.2 Å². The van der Waals surface area contributed by atoms with Gasteiger partial charge >= 0.3 is 0 Å². The Morgan fingerprint density at radius 3 is 2.81 bits per heavy atom. The summed E-state index contributed by atoms with van der Waals surface area (Å²) >= 11 is 0. The van der Waals surface area contributed by atoms with E-state index in [0.717, 1.165) is 48.8 Å². The number of likely N-dealkylation sites (tertiary alicyclic amines) is 1. The lowest BCUT2D eigenvalue weighted by atomic mass is 10.1. The van der Waals surface area contributed by atoms with Gasteiger partial charge in [0.1, 0.15) is 11.6 Å². The highest BCUT2D eigenvalue weighted by Gasteiger charge is 2.34.